The van der Waals surface area contributed by atoms with E-state index in [4.69, 9.17) is 9.47 Å². The molecule has 0 atom stereocenters. The van der Waals surface area contributed by atoms with Gasteiger partial charge in [-0.2, -0.15) is 0 Å². The summed E-state index contributed by atoms with van der Waals surface area (Å²) in [6.45, 7) is 3.90. The molecule has 2 aliphatic rings. The first-order chi connectivity index (χ1) is 11.1. The first-order valence-corrected chi connectivity index (χ1v) is 8.19. The van der Waals surface area contributed by atoms with Crippen LogP contribution in [0.5, 0.6) is 5.75 Å². The molecule has 0 bridgehead atoms. The van der Waals surface area contributed by atoms with Gasteiger partial charge in [-0.1, -0.05) is 6.42 Å². The largest absolute Gasteiger partial charge is 0.480 e. The molecular formula is C19H23NO3. The summed E-state index contributed by atoms with van der Waals surface area (Å²) in [7, 11) is 1.41. The normalized spacial score (nSPS) is 20.0. The lowest BCUT2D eigenvalue weighted by Gasteiger charge is -2.43. The van der Waals surface area contributed by atoms with Crippen LogP contribution >= 0.6 is 0 Å². The summed E-state index contributed by atoms with van der Waals surface area (Å²) in [6, 6.07) is 1.97. The van der Waals surface area contributed by atoms with Gasteiger partial charge in [0.15, 0.2) is 0 Å². The molecule has 0 radical (unpaired) electrons. The average Bonchev–Trinajstić information content (AvgIpc) is 2.58. The molecule has 0 saturated heterocycles. The van der Waals surface area contributed by atoms with E-state index in [1.54, 1.807) is 19.3 Å². The van der Waals surface area contributed by atoms with Crippen molar-refractivity contribution in [3.63, 3.8) is 0 Å². The lowest BCUT2D eigenvalue weighted by Crippen LogP contribution is -2.42. The fourth-order valence-corrected chi connectivity index (χ4v) is 3.69. The molecule has 1 spiro atoms. The Balaban J connectivity index is 2.14. The van der Waals surface area contributed by atoms with E-state index in [9.17, 15) is 4.79 Å². The van der Waals surface area contributed by atoms with Crippen molar-refractivity contribution in [2.45, 2.75) is 51.6 Å². The number of ether oxygens (including phenoxy) is 2. The molecule has 0 amide bonds. The second-order valence-electron chi connectivity index (χ2n) is 6.39. The lowest BCUT2D eigenvalue weighted by atomic mass is 9.74. The standard InChI is InChI=1S/C19H23NO3/c1-13(18(21)22-3)11-16-14(2)15-7-10-20-12-17(15)23-19(16)8-5-4-6-9-19/h7,10-12H,4-6,8-9H2,1-3H3/b13-11+. The van der Waals surface area contributed by atoms with Crippen LogP contribution < -0.4 is 4.74 Å². The van der Waals surface area contributed by atoms with Crippen molar-refractivity contribution in [1.29, 1.82) is 0 Å². The molecule has 122 valence electrons. The quantitative estimate of drug-likeness (QED) is 0.610. The van der Waals surface area contributed by atoms with Crippen LogP contribution in [0, 0.1) is 0 Å². The van der Waals surface area contributed by atoms with E-state index in [0.717, 1.165) is 42.6 Å². The topological polar surface area (TPSA) is 48.4 Å². The van der Waals surface area contributed by atoms with Gasteiger partial charge in [0.05, 0.1) is 13.3 Å². The Morgan fingerprint density at radius 3 is 2.78 bits per heavy atom. The molecule has 1 aliphatic carbocycles. The van der Waals surface area contributed by atoms with E-state index < -0.39 is 0 Å². The summed E-state index contributed by atoms with van der Waals surface area (Å²) in [5.74, 6) is 0.552. The highest BCUT2D eigenvalue weighted by Crippen LogP contribution is 2.47. The van der Waals surface area contributed by atoms with E-state index in [2.05, 4.69) is 11.9 Å². The summed E-state index contributed by atoms with van der Waals surface area (Å²) >= 11 is 0. The highest BCUT2D eigenvalue weighted by molar-refractivity contribution is 5.89. The fraction of sp³-hybridized carbons (Fsp3) is 0.474. The third-order valence-corrected chi connectivity index (χ3v) is 4.92. The second kappa shape index (κ2) is 6.19. The van der Waals surface area contributed by atoms with Gasteiger partial charge in [-0.15, -0.1) is 0 Å². The molecule has 0 aromatic carbocycles. The van der Waals surface area contributed by atoms with Gasteiger partial charge in [-0.05, 0) is 62.8 Å². The van der Waals surface area contributed by atoms with Gasteiger partial charge in [0.1, 0.15) is 11.4 Å². The van der Waals surface area contributed by atoms with Crippen LogP contribution in [0.15, 0.2) is 35.7 Å². The van der Waals surface area contributed by atoms with Crippen molar-refractivity contribution in [3.05, 3.63) is 41.2 Å². The summed E-state index contributed by atoms with van der Waals surface area (Å²) < 4.78 is 11.3. The number of carbonyl (C=O) groups is 1. The number of hydrogen-bond donors (Lipinski definition) is 0. The molecule has 3 rings (SSSR count). The van der Waals surface area contributed by atoms with Crippen LogP contribution in [0.3, 0.4) is 0 Å². The number of aromatic nitrogens is 1. The molecular weight excluding hydrogens is 290 g/mol. The van der Waals surface area contributed by atoms with Gasteiger partial charge in [0, 0.05) is 17.3 Å². The van der Waals surface area contributed by atoms with Crippen LogP contribution in [0.25, 0.3) is 5.57 Å². The number of fused-ring (bicyclic) bond motifs is 1. The zero-order valence-corrected chi connectivity index (χ0v) is 14.0. The Bertz CT molecular complexity index is 682. The zero-order valence-electron chi connectivity index (χ0n) is 14.0. The van der Waals surface area contributed by atoms with Crippen LogP contribution in [-0.4, -0.2) is 23.7 Å². The van der Waals surface area contributed by atoms with Gasteiger partial charge in [-0.25, -0.2) is 4.79 Å². The first-order valence-electron chi connectivity index (χ1n) is 8.19. The Kier molecular flexibility index (Phi) is 4.24. The van der Waals surface area contributed by atoms with Crippen LogP contribution in [0.4, 0.5) is 0 Å². The third-order valence-electron chi connectivity index (χ3n) is 4.92. The molecule has 1 fully saturated rings. The van der Waals surface area contributed by atoms with Crippen LogP contribution in [-0.2, 0) is 9.53 Å². The maximum atomic E-state index is 11.8. The molecule has 1 aromatic heterocycles. The Morgan fingerprint density at radius 2 is 2.09 bits per heavy atom. The fourth-order valence-electron chi connectivity index (χ4n) is 3.69. The van der Waals surface area contributed by atoms with Gasteiger partial charge < -0.3 is 9.47 Å². The Labute approximate surface area is 137 Å². The van der Waals surface area contributed by atoms with Gasteiger partial charge in [-0.3, -0.25) is 4.98 Å². The number of allylic oxidation sites excluding steroid dienone is 1. The van der Waals surface area contributed by atoms with E-state index >= 15 is 0 Å². The van der Waals surface area contributed by atoms with Crippen molar-refractivity contribution in [3.8, 4) is 5.75 Å². The lowest BCUT2D eigenvalue weighted by molar-refractivity contribution is -0.136. The van der Waals surface area contributed by atoms with Crippen LogP contribution in [0.2, 0.25) is 0 Å². The Morgan fingerprint density at radius 1 is 1.35 bits per heavy atom. The van der Waals surface area contributed by atoms with E-state index in [0.29, 0.717) is 5.57 Å². The van der Waals surface area contributed by atoms with Crippen molar-refractivity contribution < 1.29 is 14.3 Å². The monoisotopic (exact) mass is 313 g/mol. The molecule has 2 heterocycles. The maximum absolute atomic E-state index is 11.8. The van der Waals surface area contributed by atoms with Gasteiger partial charge in [0.25, 0.3) is 0 Å². The molecule has 0 unspecified atom stereocenters. The van der Waals surface area contributed by atoms with E-state index in [1.165, 1.54) is 19.1 Å². The highest BCUT2D eigenvalue weighted by atomic mass is 16.5. The number of esters is 1. The van der Waals surface area contributed by atoms with Gasteiger partial charge in [0.2, 0.25) is 0 Å². The Hall–Kier alpha value is -2.10. The summed E-state index contributed by atoms with van der Waals surface area (Å²) in [6.07, 6.45) is 11.0. The minimum Gasteiger partial charge on any atom is -0.480 e. The third kappa shape index (κ3) is 2.78. The van der Waals surface area contributed by atoms with Crippen molar-refractivity contribution >= 4 is 11.5 Å². The smallest absolute Gasteiger partial charge is 0.333 e. The number of nitrogens with zero attached hydrogens (tertiary/aromatic N) is 1. The van der Waals surface area contributed by atoms with Gasteiger partial charge >= 0.3 is 5.97 Å². The van der Waals surface area contributed by atoms with E-state index in [-0.39, 0.29) is 11.6 Å². The molecule has 4 heteroatoms. The molecule has 1 aromatic rings. The highest BCUT2D eigenvalue weighted by Gasteiger charge is 2.42. The number of methoxy groups -OCH3 is 1. The number of rotatable bonds is 2. The minimum absolute atomic E-state index is 0.295. The molecule has 1 aliphatic heterocycles. The first kappa shape index (κ1) is 15.8. The maximum Gasteiger partial charge on any atom is 0.333 e. The van der Waals surface area contributed by atoms with Crippen LogP contribution in [0.1, 0.15) is 51.5 Å². The summed E-state index contributed by atoms with van der Waals surface area (Å²) in [5, 5.41) is 0. The number of hydrogen-bond acceptors (Lipinski definition) is 4. The predicted octanol–water partition coefficient (Wildman–Crippen LogP) is 4.07. The van der Waals surface area contributed by atoms with E-state index in [1.807, 2.05) is 12.1 Å². The average molecular weight is 313 g/mol. The minimum atomic E-state index is -0.340. The molecule has 23 heavy (non-hydrogen) atoms. The zero-order chi connectivity index (χ0) is 16.4. The van der Waals surface area contributed by atoms with Crippen molar-refractivity contribution in [2.24, 2.45) is 0 Å². The molecule has 0 N–H and O–H groups in total. The molecule has 4 nitrogen and oxygen atoms in total. The van der Waals surface area contributed by atoms with Crippen molar-refractivity contribution in [1.82, 2.24) is 4.98 Å². The van der Waals surface area contributed by atoms with Crippen molar-refractivity contribution in [2.75, 3.05) is 7.11 Å². The number of carbonyl (C=O) groups excluding carboxylic acids is 1. The molecule has 1 saturated carbocycles. The summed E-state index contributed by atoms with van der Waals surface area (Å²) in [4.78, 5) is 16.0. The SMILES string of the molecule is COC(=O)/C(C)=C/C1=C(C)c2ccncc2OC12CCCCC2. The predicted molar refractivity (Wildman–Crippen MR) is 89.0 cm³/mol. The summed E-state index contributed by atoms with van der Waals surface area (Å²) in [5.41, 5.74) is 3.60. The number of pyridine rings is 1. The second-order valence-corrected chi connectivity index (χ2v) is 6.39.